The van der Waals surface area contributed by atoms with Crippen LogP contribution >= 0.6 is 0 Å². The monoisotopic (exact) mass is 463 g/mol. The number of imidazole rings is 1. The normalized spacial score (nSPS) is 22.8. The molecule has 34 heavy (non-hydrogen) atoms. The minimum atomic E-state index is -0.0782. The number of rotatable bonds is 5. The summed E-state index contributed by atoms with van der Waals surface area (Å²) in [7, 11) is 1.63. The summed E-state index contributed by atoms with van der Waals surface area (Å²) < 4.78 is 7.26. The van der Waals surface area contributed by atoms with Gasteiger partial charge in [0.05, 0.1) is 23.8 Å². The first-order chi connectivity index (χ1) is 16.4. The summed E-state index contributed by atoms with van der Waals surface area (Å²) in [6, 6.07) is 12.0. The zero-order valence-electron chi connectivity index (χ0n) is 19.8. The van der Waals surface area contributed by atoms with Crippen LogP contribution in [0.3, 0.4) is 0 Å². The van der Waals surface area contributed by atoms with Crippen molar-refractivity contribution in [3.05, 3.63) is 52.4 Å². The van der Waals surface area contributed by atoms with Crippen LogP contribution in [0.4, 0.5) is 11.4 Å². The number of hydrogen-bond acceptors (Lipinski definition) is 5. The zero-order valence-corrected chi connectivity index (χ0v) is 19.8. The number of hydrogen-bond donors (Lipinski definition) is 3. The summed E-state index contributed by atoms with van der Waals surface area (Å²) in [6.45, 7) is 3.68. The van der Waals surface area contributed by atoms with Crippen molar-refractivity contribution < 1.29 is 9.53 Å². The van der Waals surface area contributed by atoms with Crippen molar-refractivity contribution >= 4 is 28.3 Å². The fourth-order valence-corrected chi connectivity index (χ4v) is 5.50. The second kappa shape index (κ2) is 9.18. The first-order valence-electron chi connectivity index (χ1n) is 12.1. The van der Waals surface area contributed by atoms with Crippen LogP contribution in [0.1, 0.15) is 43.7 Å². The first kappa shape index (κ1) is 22.5. The molecule has 180 valence electrons. The van der Waals surface area contributed by atoms with Crippen molar-refractivity contribution in [2.45, 2.75) is 51.1 Å². The van der Waals surface area contributed by atoms with E-state index < -0.39 is 0 Å². The minimum Gasteiger partial charge on any atom is -0.496 e. The van der Waals surface area contributed by atoms with Gasteiger partial charge >= 0.3 is 5.69 Å². The molecule has 0 bridgehead atoms. The number of amides is 1. The van der Waals surface area contributed by atoms with Gasteiger partial charge in [-0.3, -0.25) is 9.36 Å². The molecular weight excluding hydrogens is 430 g/mol. The topological polar surface area (TPSA) is 105 Å². The first-order valence-corrected chi connectivity index (χ1v) is 12.1. The lowest BCUT2D eigenvalue weighted by molar-refractivity contribution is -0.121. The fourth-order valence-electron chi connectivity index (χ4n) is 5.50. The van der Waals surface area contributed by atoms with Crippen LogP contribution in [-0.2, 0) is 4.79 Å². The number of aromatic amines is 1. The predicted octanol–water partition coefficient (Wildman–Crippen LogP) is 3.55. The number of para-hydroxylation sites is 1. The Morgan fingerprint density at radius 1 is 1.15 bits per heavy atom. The van der Waals surface area contributed by atoms with Gasteiger partial charge in [0.15, 0.2) is 0 Å². The van der Waals surface area contributed by atoms with Crippen LogP contribution in [0.25, 0.3) is 11.0 Å². The number of anilines is 2. The van der Waals surface area contributed by atoms with Gasteiger partial charge in [-0.25, -0.2) is 4.79 Å². The number of aryl methyl sites for hydroxylation is 1. The van der Waals surface area contributed by atoms with Gasteiger partial charge in [0, 0.05) is 42.8 Å². The van der Waals surface area contributed by atoms with E-state index in [0.717, 1.165) is 78.9 Å². The molecule has 5 rings (SSSR count). The number of nitrogens with two attached hydrogens (primary N) is 1. The minimum absolute atomic E-state index is 0.0308. The Balaban J connectivity index is 1.29. The smallest absolute Gasteiger partial charge is 0.326 e. The highest BCUT2D eigenvalue weighted by Crippen LogP contribution is 2.36. The molecule has 1 atom stereocenters. The molecule has 0 radical (unpaired) electrons. The Morgan fingerprint density at radius 2 is 1.94 bits per heavy atom. The lowest BCUT2D eigenvalue weighted by Gasteiger charge is -2.28. The van der Waals surface area contributed by atoms with E-state index in [1.807, 2.05) is 41.8 Å². The maximum Gasteiger partial charge on any atom is 0.326 e. The number of methoxy groups -OCH3 is 1. The highest BCUT2D eigenvalue weighted by molar-refractivity contribution is 5.93. The van der Waals surface area contributed by atoms with Gasteiger partial charge in [-0.2, -0.15) is 0 Å². The average Bonchev–Trinajstić information content (AvgIpc) is 3.42. The summed E-state index contributed by atoms with van der Waals surface area (Å²) >= 11 is 0. The number of carbonyl (C=O) groups excluding carboxylic acids is 1. The van der Waals surface area contributed by atoms with E-state index in [1.54, 1.807) is 7.11 Å². The molecule has 1 saturated heterocycles. The van der Waals surface area contributed by atoms with Crippen LogP contribution < -0.4 is 26.4 Å². The molecule has 2 heterocycles. The van der Waals surface area contributed by atoms with E-state index >= 15 is 0 Å². The number of ether oxygens (including phenoxy) is 1. The summed E-state index contributed by atoms with van der Waals surface area (Å²) in [4.78, 5) is 31.2. The number of fused-ring (bicyclic) bond motifs is 1. The second-order valence-corrected chi connectivity index (χ2v) is 9.65. The van der Waals surface area contributed by atoms with E-state index in [-0.39, 0.29) is 29.6 Å². The molecule has 1 amide bonds. The molecule has 0 spiro atoms. The van der Waals surface area contributed by atoms with E-state index in [2.05, 4.69) is 21.3 Å². The molecular formula is C26H33N5O3. The Hall–Kier alpha value is -3.26. The molecule has 1 aliphatic heterocycles. The van der Waals surface area contributed by atoms with Gasteiger partial charge in [0.2, 0.25) is 5.91 Å². The van der Waals surface area contributed by atoms with Crippen LogP contribution in [0, 0.1) is 12.8 Å². The quantitative estimate of drug-likeness (QED) is 0.537. The largest absolute Gasteiger partial charge is 0.496 e. The Morgan fingerprint density at radius 3 is 2.65 bits per heavy atom. The number of carbonyl (C=O) groups is 1. The third-order valence-corrected chi connectivity index (χ3v) is 7.40. The molecule has 8 nitrogen and oxygen atoms in total. The lowest BCUT2D eigenvalue weighted by Crippen LogP contribution is -2.31. The molecule has 2 aliphatic rings. The number of nitrogens with zero attached hydrogens (tertiary/aromatic N) is 2. The number of benzene rings is 2. The predicted molar refractivity (Wildman–Crippen MR) is 135 cm³/mol. The number of H-pyrrole nitrogens is 1. The number of nitrogens with one attached hydrogen (secondary N) is 2. The van der Waals surface area contributed by atoms with Gasteiger partial charge in [0.1, 0.15) is 5.75 Å². The molecule has 3 aromatic rings. The maximum absolute atomic E-state index is 13.0. The van der Waals surface area contributed by atoms with Crippen molar-refractivity contribution in [2.75, 3.05) is 30.4 Å². The molecule has 2 aromatic carbocycles. The molecule has 1 saturated carbocycles. The Bertz CT molecular complexity index is 1260. The van der Waals surface area contributed by atoms with Crippen LogP contribution in [-0.4, -0.2) is 41.7 Å². The Kier molecular flexibility index (Phi) is 6.08. The zero-order chi connectivity index (χ0) is 23.8. The van der Waals surface area contributed by atoms with Crippen molar-refractivity contribution in [1.82, 2.24) is 9.55 Å². The van der Waals surface area contributed by atoms with Gasteiger partial charge < -0.3 is 25.7 Å². The van der Waals surface area contributed by atoms with E-state index in [1.165, 1.54) is 0 Å². The number of aromatic nitrogens is 2. The highest BCUT2D eigenvalue weighted by Gasteiger charge is 2.30. The Labute approximate surface area is 199 Å². The molecule has 8 heteroatoms. The molecule has 1 unspecified atom stereocenters. The van der Waals surface area contributed by atoms with Crippen molar-refractivity contribution in [3.8, 4) is 5.75 Å². The SMILES string of the molecule is COc1cc(NC(=O)[C@H]2CC[C@@H](n3c(=O)[nH]c4c(N5CCC(N)C5)cccc43)CC2)ccc1C. The molecule has 1 aromatic heterocycles. The fraction of sp³-hybridized carbons (Fsp3) is 0.462. The molecule has 4 N–H and O–H groups in total. The average molecular weight is 464 g/mol. The third kappa shape index (κ3) is 4.18. The molecule has 1 aliphatic carbocycles. The highest BCUT2D eigenvalue weighted by atomic mass is 16.5. The second-order valence-electron chi connectivity index (χ2n) is 9.65. The van der Waals surface area contributed by atoms with Crippen molar-refractivity contribution in [1.29, 1.82) is 0 Å². The van der Waals surface area contributed by atoms with Crippen molar-refractivity contribution in [3.63, 3.8) is 0 Å². The van der Waals surface area contributed by atoms with Crippen LogP contribution in [0.2, 0.25) is 0 Å². The summed E-state index contributed by atoms with van der Waals surface area (Å²) in [6.07, 6.45) is 4.04. The standard InChI is InChI=1S/C26H33N5O3/c1-16-6-9-19(14-23(16)34-2)28-25(32)17-7-10-20(11-8-17)31-22-5-3-4-21(24(22)29-26(31)33)30-13-12-18(27)15-30/h3-6,9,14,17-18,20H,7-8,10-13,15,27H2,1-2H3,(H,28,32)(H,29,33)/t17-,18?,20+. The van der Waals surface area contributed by atoms with E-state index in [9.17, 15) is 9.59 Å². The summed E-state index contributed by atoms with van der Waals surface area (Å²) in [5, 5.41) is 3.04. The third-order valence-electron chi connectivity index (χ3n) is 7.40. The van der Waals surface area contributed by atoms with E-state index in [0.29, 0.717) is 0 Å². The van der Waals surface area contributed by atoms with Crippen molar-refractivity contribution in [2.24, 2.45) is 11.7 Å². The molecule has 2 fully saturated rings. The van der Waals surface area contributed by atoms with E-state index in [4.69, 9.17) is 10.5 Å². The summed E-state index contributed by atoms with van der Waals surface area (Å²) in [5.41, 5.74) is 10.7. The van der Waals surface area contributed by atoms with Gasteiger partial charge in [-0.05, 0) is 62.8 Å². The lowest BCUT2D eigenvalue weighted by atomic mass is 9.85. The van der Waals surface area contributed by atoms with Crippen LogP contribution in [0.5, 0.6) is 5.75 Å². The van der Waals surface area contributed by atoms with Gasteiger partial charge in [-0.15, -0.1) is 0 Å². The van der Waals surface area contributed by atoms with Crippen LogP contribution in [0.15, 0.2) is 41.2 Å². The summed E-state index contributed by atoms with van der Waals surface area (Å²) in [5.74, 6) is 0.727. The van der Waals surface area contributed by atoms with Gasteiger partial charge in [-0.1, -0.05) is 12.1 Å². The maximum atomic E-state index is 13.0. The van der Waals surface area contributed by atoms with Gasteiger partial charge in [0.25, 0.3) is 0 Å².